The SMILES string of the molecule is Nc1ccc(CCN(Cc2ccccc2)CC2COc3ccc(Cl)cc3O2)cc1. The lowest BCUT2D eigenvalue weighted by Gasteiger charge is -2.31. The van der Waals surface area contributed by atoms with Gasteiger partial charge in [0.2, 0.25) is 0 Å². The van der Waals surface area contributed by atoms with Gasteiger partial charge in [-0.25, -0.2) is 0 Å². The van der Waals surface area contributed by atoms with E-state index in [1.165, 1.54) is 11.1 Å². The van der Waals surface area contributed by atoms with E-state index in [2.05, 4.69) is 41.3 Å². The van der Waals surface area contributed by atoms with E-state index in [0.29, 0.717) is 17.4 Å². The molecule has 0 saturated carbocycles. The number of nitrogens with two attached hydrogens (primary N) is 1. The topological polar surface area (TPSA) is 47.7 Å². The number of fused-ring (bicyclic) bond motifs is 1. The molecule has 1 aliphatic heterocycles. The highest BCUT2D eigenvalue weighted by molar-refractivity contribution is 6.30. The van der Waals surface area contributed by atoms with E-state index < -0.39 is 0 Å². The Balaban J connectivity index is 1.43. The fraction of sp³-hybridized carbons (Fsp3) is 0.250. The normalized spacial score (nSPS) is 15.4. The van der Waals surface area contributed by atoms with Crippen molar-refractivity contribution in [1.29, 1.82) is 0 Å². The van der Waals surface area contributed by atoms with E-state index in [1.807, 2.05) is 36.4 Å². The van der Waals surface area contributed by atoms with Crippen molar-refractivity contribution in [2.75, 3.05) is 25.4 Å². The lowest BCUT2D eigenvalue weighted by molar-refractivity contribution is 0.0567. The maximum Gasteiger partial charge on any atom is 0.163 e. The van der Waals surface area contributed by atoms with Crippen LogP contribution >= 0.6 is 11.6 Å². The quantitative estimate of drug-likeness (QED) is 0.570. The molecular formula is C24H25ClN2O2. The van der Waals surface area contributed by atoms with Crippen LogP contribution in [0.1, 0.15) is 11.1 Å². The van der Waals surface area contributed by atoms with Crippen molar-refractivity contribution in [3.05, 3.63) is 88.9 Å². The highest BCUT2D eigenvalue weighted by Gasteiger charge is 2.23. The molecule has 0 bridgehead atoms. The van der Waals surface area contributed by atoms with Gasteiger partial charge >= 0.3 is 0 Å². The molecule has 1 unspecified atom stereocenters. The predicted molar refractivity (Wildman–Crippen MR) is 118 cm³/mol. The van der Waals surface area contributed by atoms with Crippen LogP contribution in [0.3, 0.4) is 0 Å². The minimum absolute atomic E-state index is 0.0453. The number of nitrogen functional groups attached to an aromatic ring is 1. The molecule has 4 rings (SSSR count). The first-order chi connectivity index (χ1) is 14.2. The third-order valence-corrected chi connectivity index (χ3v) is 5.27. The van der Waals surface area contributed by atoms with Crippen molar-refractivity contribution >= 4 is 17.3 Å². The Kier molecular flexibility index (Phi) is 6.23. The van der Waals surface area contributed by atoms with E-state index in [4.69, 9.17) is 26.8 Å². The zero-order valence-corrected chi connectivity index (χ0v) is 17.0. The van der Waals surface area contributed by atoms with Gasteiger partial charge in [-0.2, -0.15) is 0 Å². The van der Waals surface area contributed by atoms with E-state index in [9.17, 15) is 0 Å². The molecule has 0 fully saturated rings. The molecule has 0 radical (unpaired) electrons. The summed E-state index contributed by atoms with van der Waals surface area (Å²) in [5.41, 5.74) is 9.16. The van der Waals surface area contributed by atoms with Gasteiger partial charge < -0.3 is 15.2 Å². The Bertz CT molecular complexity index is 931. The van der Waals surface area contributed by atoms with Crippen LogP contribution in [-0.2, 0) is 13.0 Å². The second-order valence-electron chi connectivity index (χ2n) is 7.35. The molecule has 0 aromatic heterocycles. The summed E-state index contributed by atoms with van der Waals surface area (Å²) in [4.78, 5) is 2.41. The van der Waals surface area contributed by atoms with Crippen molar-refractivity contribution in [1.82, 2.24) is 4.90 Å². The average molecular weight is 409 g/mol. The first-order valence-corrected chi connectivity index (χ1v) is 10.2. The lowest BCUT2D eigenvalue weighted by atomic mass is 10.1. The molecule has 1 atom stereocenters. The first-order valence-electron chi connectivity index (χ1n) is 9.85. The van der Waals surface area contributed by atoms with Crippen LogP contribution in [-0.4, -0.2) is 30.7 Å². The number of halogens is 1. The minimum atomic E-state index is -0.0453. The monoisotopic (exact) mass is 408 g/mol. The number of hydrogen-bond acceptors (Lipinski definition) is 4. The Morgan fingerprint density at radius 1 is 0.931 bits per heavy atom. The highest BCUT2D eigenvalue weighted by atomic mass is 35.5. The summed E-state index contributed by atoms with van der Waals surface area (Å²) in [6, 6.07) is 24.1. The fourth-order valence-corrected chi connectivity index (χ4v) is 3.68. The number of rotatable bonds is 7. The standard InChI is InChI=1S/C24H25ClN2O2/c25-20-8-11-23-24(14-20)29-22(17-28-23)16-27(15-19-4-2-1-3-5-19)13-12-18-6-9-21(26)10-7-18/h1-11,14,22H,12-13,15-17,26H2. The van der Waals surface area contributed by atoms with Gasteiger partial charge in [0, 0.05) is 36.4 Å². The molecule has 3 aromatic carbocycles. The maximum absolute atomic E-state index is 6.18. The van der Waals surface area contributed by atoms with Crippen LogP contribution in [0.25, 0.3) is 0 Å². The summed E-state index contributed by atoms with van der Waals surface area (Å²) in [5.74, 6) is 1.47. The zero-order valence-electron chi connectivity index (χ0n) is 16.3. The highest BCUT2D eigenvalue weighted by Crippen LogP contribution is 2.34. The molecule has 0 amide bonds. The van der Waals surface area contributed by atoms with E-state index in [-0.39, 0.29) is 6.10 Å². The van der Waals surface area contributed by atoms with Gasteiger partial charge in [0.25, 0.3) is 0 Å². The van der Waals surface area contributed by atoms with Crippen LogP contribution in [0.5, 0.6) is 11.5 Å². The summed E-state index contributed by atoms with van der Waals surface area (Å²) in [5, 5.41) is 0.650. The van der Waals surface area contributed by atoms with Gasteiger partial charge in [0.15, 0.2) is 11.5 Å². The van der Waals surface area contributed by atoms with Gasteiger partial charge in [0.05, 0.1) is 0 Å². The second kappa shape index (κ2) is 9.21. The Labute approximate surface area is 176 Å². The summed E-state index contributed by atoms with van der Waals surface area (Å²) < 4.78 is 12.1. The average Bonchev–Trinajstić information content (AvgIpc) is 2.73. The summed E-state index contributed by atoms with van der Waals surface area (Å²) in [6.45, 7) is 3.08. The summed E-state index contributed by atoms with van der Waals surface area (Å²) >= 11 is 6.11. The summed E-state index contributed by atoms with van der Waals surface area (Å²) in [7, 11) is 0. The molecule has 1 heterocycles. The van der Waals surface area contributed by atoms with Crippen LogP contribution in [0.2, 0.25) is 5.02 Å². The van der Waals surface area contributed by atoms with E-state index in [0.717, 1.165) is 37.5 Å². The van der Waals surface area contributed by atoms with Gasteiger partial charge in [-0.05, 0) is 41.8 Å². The maximum atomic E-state index is 6.18. The molecule has 5 heteroatoms. The zero-order chi connectivity index (χ0) is 20.1. The van der Waals surface area contributed by atoms with Crippen molar-refractivity contribution in [2.45, 2.75) is 19.1 Å². The van der Waals surface area contributed by atoms with Crippen LogP contribution in [0, 0.1) is 0 Å². The van der Waals surface area contributed by atoms with Crippen molar-refractivity contribution in [2.24, 2.45) is 0 Å². The molecule has 29 heavy (non-hydrogen) atoms. The molecule has 3 aromatic rings. The molecule has 4 nitrogen and oxygen atoms in total. The van der Waals surface area contributed by atoms with Crippen molar-refractivity contribution < 1.29 is 9.47 Å². The molecule has 0 saturated heterocycles. The second-order valence-corrected chi connectivity index (χ2v) is 7.79. The number of ether oxygens (including phenoxy) is 2. The number of benzene rings is 3. The van der Waals surface area contributed by atoms with E-state index >= 15 is 0 Å². The predicted octanol–water partition coefficient (Wildman–Crippen LogP) is 4.81. The van der Waals surface area contributed by atoms with Crippen molar-refractivity contribution in [3.63, 3.8) is 0 Å². The molecule has 1 aliphatic rings. The van der Waals surface area contributed by atoms with Gasteiger partial charge in [0.1, 0.15) is 12.7 Å². The third-order valence-electron chi connectivity index (χ3n) is 5.03. The Hall–Kier alpha value is -2.69. The van der Waals surface area contributed by atoms with Crippen LogP contribution < -0.4 is 15.2 Å². The molecular weight excluding hydrogens is 384 g/mol. The van der Waals surface area contributed by atoms with Crippen LogP contribution in [0.15, 0.2) is 72.8 Å². The first kappa shape index (κ1) is 19.6. The number of nitrogens with zero attached hydrogens (tertiary/aromatic N) is 1. The molecule has 0 aliphatic carbocycles. The Morgan fingerprint density at radius 2 is 1.72 bits per heavy atom. The minimum Gasteiger partial charge on any atom is -0.486 e. The number of hydrogen-bond donors (Lipinski definition) is 1. The molecule has 150 valence electrons. The van der Waals surface area contributed by atoms with Crippen molar-refractivity contribution in [3.8, 4) is 11.5 Å². The fourth-order valence-electron chi connectivity index (χ4n) is 3.52. The smallest absolute Gasteiger partial charge is 0.163 e. The lowest BCUT2D eigenvalue weighted by Crippen LogP contribution is -2.41. The number of anilines is 1. The molecule has 2 N–H and O–H groups in total. The Morgan fingerprint density at radius 3 is 2.52 bits per heavy atom. The summed E-state index contributed by atoms with van der Waals surface area (Å²) in [6.07, 6.45) is 0.902. The van der Waals surface area contributed by atoms with E-state index in [1.54, 1.807) is 0 Å². The largest absolute Gasteiger partial charge is 0.486 e. The van der Waals surface area contributed by atoms with Gasteiger partial charge in [-0.3, -0.25) is 4.90 Å². The third kappa shape index (κ3) is 5.43. The van der Waals surface area contributed by atoms with Gasteiger partial charge in [-0.1, -0.05) is 54.1 Å². The van der Waals surface area contributed by atoms with Crippen LogP contribution in [0.4, 0.5) is 5.69 Å². The molecule has 0 spiro atoms. The van der Waals surface area contributed by atoms with Gasteiger partial charge in [-0.15, -0.1) is 0 Å².